The zero-order valence-corrected chi connectivity index (χ0v) is 35.7. The van der Waals surface area contributed by atoms with Crippen molar-refractivity contribution >= 4 is 68.5 Å². The zero-order valence-electron chi connectivity index (χ0n) is 34.1. The number of halogens is 2. The first-order chi connectivity index (χ1) is 28.4. The van der Waals surface area contributed by atoms with Gasteiger partial charge in [-0.3, -0.25) is 9.59 Å². The number of aromatic nitrogens is 4. The summed E-state index contributed by atoms with van der Waals surface area (Å²) >= 11 is 13.0. The van der Waals surface area contributed by atoms with E-state index in [1.54, 1.807) is 0 Å². The number of nitrogens with one attached hydrogen (secondary N) is 2. The number of nitrogens with zero attached hydrogens (tertiary/aromatic N) is 6. The molecule has 2 aromatic heterocycles. The molecule has 3 saturated heterocycles. The average molecular weight is 836 g/mol. The lowest BCUT2D eigenvalue weighted by Gasteiger charge is -2.36. The molecule has 11 nitrogen and oxygen atoms in total. The van der Waals surface area contributed by atoms with Gasteiger partial charge in [0, 0.05) is 74.2 Å². The van der Waals surface area contributed by atoms with Crippen molar-refractivity contribution in [3.05, 3.63) is 94.0 Å². The highest BCUT2D eigenvalue weighted by Gasteiger charge is 2.33. The second kappa shape index (κ2) is 17.2. The monoisotopic (exact) mass is 834 g/mol. The molecule has 6 aromatic rings. The molecule has 0 bridgehead atoms. The fourth-order valence-electron chi connectivity index (χ4n) is 8.75. The molecule has 3 N–H and O–H groups in total. The van der Waals surface area contributed by atoms with Gasteiger partial charge in [-0.15, -0.1) is 0 Å². The molecule has 3 fully saturated rings. The molecule has 59 heavy (non-hydrogen) atoms. The van der Waals surface area contributed by atoms with Crippen LogP contribution in [-0.4, -0.2) is 106 Å². The Bertz CT molecular complexity index is 2480. The number of aliphatic carboxylic acids is 1. The van der Waals surface area contributed by atoms with Crippen LogP contribution >= 0.6 is 23.2 Å². The van der Waals surface area contributed by atoms with Crippen molar-refractivity contribution < 1.29 is 14.7 Å². The van der Waals surface area contributed by atoms with Crippen LogP contribution in [0.3, 0.4) is 0 Å². The van der Waals surface area contributed by atoms with E-state index in [1.807, 2.05) is 61.3 Å². The van der Waals surface area contributed by atoms with Crippen molar-refractivity contribution in [3.8, 4) is 22.8 Å². The van der Waals surface area contributed by atoms with E-state index in [1.165, 1.54) is 11.1 Å². The van der Waals surface area contributed by atoms with Crippen molar-refractivity contribution in [3.63, 3.8) is 0 Å². The minimum Gasteiger partial charge on any atom is -0.481 e. The van der Waals surface area contributed by atoms with Crippen molar-refractivity contribution in [1.29, 1.82) is 0 Å². The summed E-state index contributed by atoms with van der Waals surface area (Å²) in [7, 11) is 4.11. The second-order valence-corrected chi connectivity index (χ2v) is 17.4. The lowest BCUT2D eigenvalue weighted by molar-refractivity contribution is -0.142. The summed E-state index contributed by atoms with van der Waals surface area (Å²) in [6.45, 7) is 9.39. The van der Waals surface area contributed by atoms with E-state index < -0.39 is 5.97 Å². The number of fused-ring (bicyclic) bond motifs is 2. The minimum absolute atomic E-state index is 0.113. The first-order valence-corrected chi connectivity index (χ1v) is 21.4. The predicted octanol–water partition coefficient (Wildman–Crippen LogP) is 9.06. The van der Waals surface area contributed by atoms with Gasteiger partial charge in [-0.05, 0) is 131 Å². The molecule has 9 rings (SSSR count). The highest BCUT2D eigenvalue weighted by molar-refractivity contribution is 6.33. The maximum atomic E-state index is 13.1. The molecule has 1 atom stereocenters. The normalized spacial score (nSPS) is 18.0. The van der Waals surface area contributed by atoms with E-state index in [0.717, 1.165) is 115 Å². The number of carbonyl (C=O) groups is 2. The molecule has 1 unspecified atom stereocenters. The maximum absolute atomic E-state index is 13.1. The lowest BCUT2D eigenvalue weighted by atomic mass is 9.94. The van der Waals surface area contributed by atoms with Crippen molar-refractivity contribution in [2.24, 2.45) is 11.8 Å². The van der Waals surface area contributed by atoms with Crippen LogP contribution in [0, 0.1) is 25.7 Å². The topological polar surface area (TPSA) is 125 Å². The van der Waals surface area contributed by atoms with Gasteiger partial charge in [0.1, 0.15) is 11.6 Å². The molecule has 5 heterocycles. The number of carbonyl (C=O) groups excluding carboxylic acids is 1. The van der Waals surface area contributed by atoms with Crippen molar-refractivity contribution in [2.75, 3.05) is 63.2 Å². The third-order valence-corrected chi connectivity index (χ3v) is 13.0. The van der Waals surface area contributed by atoms with Crippen LogP contribution in [0.25, 0.3) is 44.8 Å². The lowest BCUT2D eigenvalue weighted by Crippen LogP contribution is -2.45. The summed E-state index contributed by atoms with van der Waals surface area (Å²) in [6, 6.07) is 24.7. The Morgan fingerprint density at radius 1 is 0.678 bits per heavy atom. The highest BCUT2D eigenvalue weighted by Crippen LogP contribution is 2.35. The fraction of sp³-hybridized carbons (Fsp3) is 0.391. The van der Waals surface area contributed by atoms with Gasteiger partial charge in [-0.2, -0.15) is 0 Å². The van der Waals surface area contributed by atoms with Crippen LogP contribution < -0.4 is 9.80 Å². The van der Waals surface area contributed by atoms with Crippen LogP contribution in [0.2, 0.25) is 10.0 Å². The van der Waals surface area contributed by atoms with Gasteiger partial charge >= 0.3 is 5.97 Å². The second-order valence-electron chi connectivity index (χ2n) is 16.6. The number of aromatic amines is 2. The number of piperidine rings is 2. The van der Waals surface area contributed by atoms with Gasteiger partial charge in [0.05, 0.1) is 38.0 Å². The van der Waals surface area contributed by atoms with Crippen molar-refractivity contribution in [1.82, 2.24) is 29.7 Å². The number of aryl methyl sites for hydroxylation is 2. The number of carboxylic acid groups (broad SMARTS) is 1. The molecule has 0 spiro atoms. The number of H-pyrrole nitrogens is 2. The molecule has 4 aromatic carbocycles. The molecule has 3 aliphatic rings. The third kappa shape index (κ3) is 8.93. The van der Waals surface area contributed by atoms with Gasteiger partial charge in [-0.25, -0.2) is 9.97 Å². The van der Waals surface area contributed by atoms with Gasteiger partial charge in [-0.1, -0.05) is 35.3 Å². The van der Waals surface area contributed by atoms with Gasteiger partial charge < -0.3 is 34.7 Å². The molecule has 0 saturated carbocycles. The summed E-state index contributed by atoms with van der Waals surface area (Å²) in [4.78, 5) is 49.3. The Labute approximate surface area is 355 Å². The van der Waals surface area contributed by atoms with Gasteiger partial charge in [0.25, 0.3) is 0 Å². The van der Waals surface area contributed by atoms with Gasteiger partial charge in [0.2, 0.25) is 5.91 Å². The number of imidazole rings is 2. The van der Waals surface area contributed by atoms with Gasteiger partial charge in [0.15, 0.2) is 0 Å². The van der Waals surface area contributed by atoms with E-state index >= 15 is 0 Å². The Balaban J connectivity index is 0.000000169. The summed E-state index contributed by atoms with van der Waals surface area (Å²) in [5.41, 5.74) is 10.2. The summed E-state index contributed by atoms with van der Waals surface area (Å²) < 4.78 is 0. The number of anilines is 2. The molecular weight excluding hydrogens is 783 g/mol. The van der Waals surface area contributed by atoms with E-state index in [2.05, 4.69) is 74.0 Å². The molecule has 308 valence electrons. The molecule has 1 amide bonds. The van der Waals surface area contributed by atoms with Crippen molar-refractivity contribution in [2.45, 2.75) is 52.0 Å². The van der Waals surface area contributed by atoms with Crippen LogP contribution in [0.4, 0.5) is 11.4 Å². The SMILES string of the molecule is Cc1ccc2nc(-c3cc(N4CCC(C(=O)N(C)C5CCN(C)C5)CC4)ccc3Cl)[nH]c2c1.Cc1ccc2nc(-c3cc(N4CCC(C(=O)O)CC4)ccc3Cl)[nH]c2c1. The summed E-state index contributed by atoms with van der Waals surface area (Å²) in [5.74, 6) is 1.02. The molecule has 3 aliphatic heterocycles. The highest BCUT2D eigenvalue weighted by atomic mass is 35.5. The first-order valence-electron chi connectivity index (χ1n) is 20.6. The smallest absolute Gasteiger partial charge is 0.306 e. The van der Waals surface area contributed by atoms with E-state index in [0.29, 0.717) is 34.8 Å². The first kappa shape index (κ1) is 40.7. The third-order valence-electron chi connectivity index (χ3n) is 12.4. The Hall–Kier alpha value is -5.10. The van der Waals surface area contributed by atoms with E-state index in [-0.39, 0.29) is 11.8 Å². The Morgan fingerprint density at radius 3 is 1.59 bits per heavy atom. The number of likely N-dealkylation sites (N-methyl/N-ethyl adjacent to an activating group) is 2. The molecule has 0 aliphatic carbocycles. The molecule has 13 heteroatoms. The number of benzene rings is 4. The number of hydrogen-bond acceptors (Lipinski definition) is 7. The number of amides is 1. The molecular formula is C46H52Cl2N8O3. The largest absolute Gasteiger partial charge is 0.481 e. The minimum atomic E-state index is -0.695. The number of likely N-dealkylation sites (tertiary alicyclic amines) is 1. The molecule has 0 radical (unpaired) electrons. The summed E-state index contributed by atoms with van der Waals surface area (Å²) in [6.07, 6.45) is 4.17. The van der Waals surface area contributed by atoms with Crippen LogP contribution in [0.5, 0.6) is 0 Å². The fourth-order valence-corrected chi connectivity index (χ4v) is 9.16. The van der Waals surface area contributed by atoms with Crippen LogP contribution in [0.15, 0.2) is 72.8 Å². The van der Waals surface area contributed by atoms with Crippen LogP contribution in [-0.2, 0) is 9.59 Å². The Morgan fingerprint density at radius 2 is 1.15 bits per heavy atom. The zero-order chi connectivity index (χ0) is 41.4. The van der Waals surface area contributed by atoms with Crippen LogP contribution in [0.1, 0.15) is 43.2 Å². The maximum Gasteiger partial charge on any atom is 0.306 e. The quantitative estimate of drug-likeness (QED) is 0.146. The number of carboxylic acids is 1. The van der Waals surface area contributed by atoms with E-state index in [4.69, 9.17) is 33.3 Å². The number of rotatable bonds is 7. The summed E-state index contributed by atoms with van der Waals surface area (Å²) in [5, 5.41) is 10.5. The standard InChI is InChI=1S/C26H32ClN5O.C20H20ClN3O2/c1-17-4-7-23-24(14-17)29-25(28-23)21-15-19(5-6-22(21)27)32-12-8-18(9-13-32)26(33)31(3)20-10-11-30(2)16-20;1-12-2-5-17-18(10-12)23-19(22-17)15-11-14(3-4-16(15)21)24-8-6-13(7-9-24)20(25)26/h4-7,14-15,18,20H,8-13,16H2,1-3H3,(H,28,29);2-5,10-11,13H,6-9H2,1H3,(H,22,23)(H,25,26). The number of hydrogen-bond donors (Lipinski definition) is 3. The average Bonchev–Trinajstić information content (AvgIpc) is 3.99. The Kier molecular flexibility index (Phi) is 11.9. The van der Waals surface area contributed by atoms with E-state index in [9.17, 15) is 9.59 Å². The predicted molar refractivity (Wildman–Crippen MR) is 239 cm³/mol.